The fourth-order valence-corrected chi connectivity index (χ4v) is 2.73. The molecule has 0 bridgehead atoms. The van der Waals surface area contributed by atoms with Crippen LogP contribution in [0.5, 0.6) is 0 Å². The van der Waals surface area contributed by atoms with E-state index in [0.29, 0.717) is 5.56 Å². The highest BCUT2D eigenvalue weighted by Crippen LogP contribution is 2.31. The number of aliphatic hydroxyl groups is 1. The zero-order valence-electron chi connectivity index (χ0n) is 7.26. The summed E-state index contributed by atoms with van der Waals surface area (Å²) in [5.74, 6) is -0.173. The second-order valence-electron chi connectivity index (χ2n) is 2.95. The number of halogens is 2. The van der Waals surface area contributed by atoms with Crippen LogP contribution in [0.25, 0.3) is 10.1 Å². The van der Waals surface area contributed by atoms with Gasteiger partial charge in [-0.3, -0.25) is 0 Å². The Morgan fingerprint density at radius 1 is 1.43 bits per heavy atom. The molecular weight excluding hydrogens is 223 g/mol. The Hall–Kier alpha value is -0.640. The molecule has 4 heteroatoms. The van der Waals surface area contributed by atoms with Crippen LogP contribution < -0.4 is 0 Å². The molecule has 0 atom stereocenters. The molecule has 0 spiro atoms. The molecule has 14 heavy (non-hydrogen) atoms. The first-order valence-corrected chi connectivity index (χ1v) is 5.53. The fourth-order valence-electron chi connectivity index (χ4n) is 1.49. The van der Waals surface area contributed by atoms with Gasteiger partial charge in [0.25, 0.3) is 0 Å². The summed E-state index contributed by atoms with van der Waals surface area (Å²) < 4.78 is 14.3. The lowest BCUT2D eigenvalue weighted by atomic mass is 10.1. The maximum absolute atomic E-state index is 13.4. The minimum atomic E-state index is -0.305. The number of thiophene rings is 1. The van der Waals surface area contributed by atoms with E-state index < -0.39 is 0 Å². The van der Waals surface area contributed by atoms with Crippen LogP contribution in [-0.4, -0.2) is 5.11 Å². The average molecular weight is 231 g/mol. The monoisotopic (exact) mass is 230 g/mol. The van der Waals surface area contributed by atoms with Crippen LogP contribution in [0.15, 0.2) is 17.5 Å². The van der Waals surface area contributed by atoms with Gasteiger partial charge in [0.1, 0.15) is 5.82 Å². The van der Waals surface area contributed by atoms with E-state index in [4.69, 9.17) is 16.7 Å². The van der Waals surface area contributed by atoms with Crippen molar-refractivity contribution in [1.29, 1.82) is 0 Å². The third-order valence-corrected chi connectivity index (χ3v) is 3.43. The molecule has 1 aromatic heterocycles. The van der Waals surface area contributed by atoms with Gasteiger partial charge in [0.2, 0.25) is 0 Å². The molecule has 1 heterocycles. The largest absolute Gasteiger partial charge is 0.392 e. The second-order valence-corrected chi connectivity index (χ2v) is 4.13. The predicted octanol–water partition coefficient (Wildman–Crippen LogP) is 3.27. The van der Waals surface area contributed by atoms with Crippen LogP contribution in [0.2, 0.25) is 0 Å². The first-order valence-electron chi connectivity index (χ1n) is 4.12. The summed E-state index contributed by atoms with van der Waals surface area (Å²) in [5, 5.41) is 11.7. The van der Waals surface area contributed by atoms with Crippen molar-refractivity contribution in [3.8, 4) is 0 Å². The van der Waals surface area contributed by atoms with E-state index >= 15 is 0 Å². The number of alkyl halides is 1. The minimum absolute atomic E-state index is 0.0760. The van der Waals surface area contributed by atoms with Crippen molar-refractivity contribution in [2.75, 3.05) is 0 Å². The summed E-state index contributed by atoms with van der Waals surface area (Å²) in [4.78, 5) is 0. The number of benzene rings is 1. The lowest BCUT2D eigenvalue weighted by molar-refractivity contribution is 0.283. The number of rotatable bonds is 2. The van der Waals surface area contributed by atoms with Crippen molar-refractivity contribution in [3.05, 3.63) is 34.5 Å². The summed E-state index contributed by atoms with van der Waals surface area (Å²) in [6, 6.07) is 3.13. The molecule has 0 amide bonds. The Labute approximate surface area is 89.7 Å². The Morgan fingerprint density at radius 3 is 2.86 bits per heavy atom. The normalized spacial score (nSPS) is 11.1. The third-order valence-electron chi connectivity index (χ3n) is 2.17. The van der Waals surface area contributed by atoms with Crippen molar-refractivity contribution < 1.29 is 9.50 Å². The first kappa shape index (κ1) is 9.90. The highest BCUT2D eigenvalue weighted by molar-refractivity contribution is 7.17. The molecular formula is C10H8ClFOS. The van der Waals surface area contributed by atoms with Gasteiger partial charge >= 0.3 is 0 Å². The quantitative estimate of drug-likeness (QED) is 0.786. The van der Waals surface area contributed by atoms with E-state index in [1.807, 2.05) is 5.38 Å². The average Bonchev–Trinajstić information content (AvgIpc) is 2.61. The molecule has 2 aromatic rings. The topological polar surface area (TPSA) is 20.2 Å². The maximum Gasteiger partial charge on any atom is 0.128 e. The minimum Gasteiger partial charge on any atom is -0.392 e. The van der Waals surface area contributed by atoms with Crippen LogP contribution in [0, 0.1) is 5.82 Å². The molecule has 74 valence electrons. The highest BCUT2D eigenvalue weighted by atomic mass is 35.5. The second kappa shape index (κ2) is 3.85. The summed E-state index contributed by atoms with van der Waals surface area (Å²) in [5.41, 5.74) is 1.23. The zero-order valence-corrected chi connectivity index (χ0v) is 8.83. The molecule has 0 unspecified atom stereocenters. The van der Waals surface area contributed by atoms with Gasteiger partial charge in [-0.05, 0) is 23.1 Å². The number of aliphatic hydroxyl groups excluding tert-OH is 1. The summed E-state index contributed by atoms with van der Waals surface area (Å²) in [6.45, 7) is -0.0760. The summed E-state index contributed by atoms with van der Waals surface area (Å²) >= 11 is 7.17. The Bertz CT molecular complexity index is 466. The van der Waals surface area contributed by atoms with Gasteiger partial charge in [-0.2, -0.15) is 0 Å². The van der Waals surface area contributed by atoms with Crippen LogP contribution >= 0.6 is 22.9 Å². The van der Waals surface area contributed by atoms with Crippen molar-refractivity contribution in [2.24, 2.45) is 0 Å². The molecule has 2 rings (SSSR count). The van der Waals surface area contributed by atoms with Crippen LogP contribution in [0.3, 0.4) is 0 Å². The Kier molecular flexibility index (Phi) is 2.72. The van der Waals surface area contributed by atoms with Crippen molar-refractivity contribution in [3.63, 3.8) is 0 Å². The molecule has 0 aliphatic heterocycles. The zero-order chi connectivity index (χ0) is 10.1. The SMILES string of the molecule is OCc1csc2ccc(F)c(CCl)c12. The molecule has 0 saturated carbocycles. The van der Waals surface area contributed by atoms with Crippen LogP contribution in [0.1, 0.15) is 11.1 Å². The standard InChI is InChI=1S/C10H8ClFOS/c11-3-7-8(12)1-2-9-10(7)6(4-13)5-14-9/h1-2,5,13H,3-4H2. The third kappa shape index (κ3) is 1.41. The van der Waals surface area contributed by atoms with E-state index in [9.17, 15) is 4.39 Å². The number of hydrogen-bond acceptors (Lipinski definition) is 2. The van der Waals surface area contributed by atoms with Crippen molar-refractivity contribution in [2.45, 2.75) is 12.5 Å². The first-order chi connectivity index (χ1) is 6.77. The van der Waals surface area contributed by atoms with Crippen LogP contribution in [-0.2, 0) is 12.5 Å². The smallest absolute Gasteiger partial charge is 0.128 e. The van der Waals surface area contributed by atoms with Crippen molar-refractivity contribution >= 4 is 33.0 Å². The Morgan fingerprint density at radius 2 is 2.21 bits per heavy atom. The van der Waals surface area contributed by atoms with E-state index in [1.54, 1.807) is 6.07 Å². The molecule has 0 fully saturated rings. The molecule has 1 N–H and O–H groups in total. The predicted molar refractivity (Wildman–Crippen MR) is 57.3 cm³/mol. The van der Waals surface area contributed by atoms with Gasteiger partial charge in [0.15, 0.2) is 0 Å². The summed E-state index contributed by atoms with van der Waals surface area (Å²) in [7, 11) is 0. The van der Waals surface area contributed by atoms with E-state index in [-0.39, 0.29) is 18.3 Å². The van der Waals surface area contributed by atoms with Gasteiger partial charge in [0, 0.05) is 15.6 Å². The number of hydrogen-bond donors (Lipinski definition) is 1. The highest BCUT2D eigenvalue weighted by Gasteiger charge is 2.11. The van der Waals surface area contributed by atoms with E-state index in [2.05, 4.69) is 0 Å². The van der Waals surface area contributed by atoms with E-state index in [0.717, 1.165) is 15.6 Å². The van der Waals surface area contributed by atoms with Gasteiger partial charge < -0.3 is 5.11 Å². The molecule has 0 aliphatic rings. The molecule has 1 aromatic carbocycles. The Balaban J connectivity index is 2.81. The molecule has 1 nitrogen and oxygen atoms in total. The van der Waals surface area contributed by atoms with E-state index in [1.165, 1.54) is 17.4 Å². The van der Waals surface area contributed by atoms with Gasteiger partial charge in [-0.15, -0.1) is 22.9 Å². The molecule has 0 aliphatic carbocycles. The van der Waals surface area contributed by atoms with Gasteiger partial charge in [-0.1, -0.05) is 0 Å². The summed E-state index contributed by atoms with van der Waals surface area (Å²) in [6.07, 6.45) is 0. The fraction of sp³-hybridized carbons (Fsp3) is 0.200. The molecule has 0 radical (unpaired) electrons. The van der Waals surface area contributed by atoms with Gasteiger partial charge in [-0.25, -0.2) is 4.39 Å². The lowest BCUT2D eigenvalue weighted by Crippen LogP contribution is -1.89. The van der Waals surface area contributed by atoms with Crippen LogP contribution in [0.4, 0.5) is 4.39 Å². The molecule has 0 saturated heterocycles. The van der Waals surface area contributed by atoms with Gasteiger partial charge in [0.05, 0.1) is 12.5 Å². The lowest BCUT2D eigenvalue weighted by Gasteiger charge is -2.02. The maximum atomic E-state index is 13.4. The van der Waals surface area contributed by atoms with Crippen molar-refractivity contribution in [1.82, 2.24) is 0 Å². The number of fused-ring (bicyclic) bond motifs is 1.